The number of fused-ring (bicyclic) bond motifs is 1. The van der Waals surface area contributed by atoms with E-state index in [0.29, 0.717) is 12.5 Å². The van der Waals surface area contributed by atoms with E-state index in [2.05, 4.69) is 37.4 Å². The summed E-state index contributed by atoms with van der Waals surface area (Å²) in [4.78, 5) is 14.1. The van der Waals surface area contributed by atoms with Crippen LogP contribution in [0.3, 0.4) is 0 Å². The molecule has 2 rings (SSSR count). The van der Waals surface area contributed by atoms with Gasteiger partial charge in [0.2, 0.25) is 5.91 Å². The lowest BCUT2D eigenvalue weighted by Gasteiger charge is -2.23. The van der Waals surface area contributed by atoms with E-state index >= 15 is 0 Å². The zero-order valence-electron chi connectivity index (χ0n) is 11.3. The van der Waals surface area contributed by atoms with Crippen molar-refractivity contribution in [3.8, 4) is 0 Å². The number of rotatable bonds is 4. The molecule has 0 bridgehead atoms. The van der Waals surface area contributed by atoms with E-state index in [1.165, 1.54) is 5.56 Å². The van der Waals surface area contributed by atoms with Crippen LogP contribution < -0.4 is 10.2 Å². The van der Waals surface area contributed by atoms with E-state index in [4.69, 9.17) is 0 Å². The molecule has 3 nitrogen and oxygen atoms in total. The summed E-state index contributed by atoms with van der Waals surface area (Å²) in [6.45, 7) is 5.85. The molecule has 18 heavy (non-hydrogen) atoms. The van der Waals surface area contributed by atoms with Crippen LogP contribution in [0.15, 0.2) is 24.3 Å². The molecule has 0 atom stereocenters. The zero-order valence-corrected chi connectivity index (χ0v) is 11.3. The third-order valence-electron chi connectivity index (χ3n) is 3.31. The molecular weight excluding hydrogens is 224 g/mol. The van der Waals surface area contributed by atoms with Crippen molar-refractivity contribution < 1.29 is 4.79 Å². The molecule has 1 amide bonds. The lowest BCUT2D eigenvalue weighted by Crippen LogP contribution is -2.38. The van der Waals surface area contributed by atoms with Crippen LogP contribution in [-0.2, 0) is 11.2 Å². The average molecular weight is 246 g/mol. The molecule has 0 aliphatic carbocycles. The van der Waals surface area contributed by atoms with Gasteiger partial charge in [-0.3, -0.25) is 4.79 Å². The number of carbonyl (C=O) groups is 1. The Labute approximate surface area is 109 Å². The number of nitrogens with zero attached hydrogens (tertiary/aromatic N) is 1. The molecule has 0 saturated heterocycles. The zero-order chi connectivity index (χ0) is 13.0. The van der Waals surface area contributed by atoms with Gasteiger partial charge in [-0.2, -0.15) is 0 Å². The van der Waals surface area contributed by atoms with Crippen LogP contribution in [0.4, 0.5) is 5.69 Å². The normalized spacial score (nSPS) is 15.7. The first-order valence-corrected chi connectivity index (χ1v) is 6.80. The molecule has 0 saturated carbocycles. The van der Waals surface area contributed by atoms with Gasteiger partial charge in [0.1, 0.15) is 0 Å². The smallest absolute Gasteiger partial charge is 0.227 e. The number of amides is 1. The van der Waals surface area contributed by atoms with Gasteiger partial charge in [0.05, 0.1) is 0 Å². The first-order valence-electron chi connectivity index (χ1n) is 6.80. The monoisotopic (exact) mass is 246 g/mol. The summed E-state index contributed by atoms with van der Waals surface area (Å²) < 4.78 is 0. The predicted molar refractivity (Wildman–Crippen MR) is 74.9 cm³/mol. The second-order valence-electron chi connectivity index (χ2n) is 5.14. The Morgan fingerprint density at radius 1 is 1.28 bits per heavy atom. The van der Waals surface area contributed by atoms with Crippen molar-refractivity contribution in [2.75, 3.05) is 18.0 Å². The number of hydrogen-bond acceptors (Lipinski definition) is 2. The molecule has 1 heterocycles. The Bertz CT molecular complexity index is 415. The van der Waals surface area contributed by atoms with Gasteiger partial charge in [-0.05, 0) is 24.5 Å². The van der Waals surface area contributed by atoms with Crippen molar-refractivity contribution in [3.63, 3.8) is 0 Å². The van der Waals surface area contributed by atoms with Crippen molar-refractivity contribution in [1.29, 1.82) is 0 Å². The topological polar surface area (TPSA) is 32.3 Å². The summed E-state index contributed by atoms with van der Waals surface area (Å²) >= 11 is 0. The van der Waals surface area contributed by atoms with E-state index in [1.54, 1.807) is 0 Å². The minimum Gasteiger partial charge on any atom is -0.313 e. The first-order chi connectivity index (χ1) is 8.68. The van der Waals surface area contributed by atoms with Gasteiger partial charge in [-0.1, -0.05) is 32.0 Å². The third-order valence-corrected chi connectivity index (χ3v) is 3.31. The van der Waals surface area contributed by atoms with Crippen LogP contribution in [0.25, 0.3) is 0 Å². The number of aryl methyl sites for hydroxylation is 1. The highest BCUT2D eigenvalue weighted by Gasteiger charge is 2.21. The molecule has 1 N–H and O–H groups in total. The number of carbonyl (C=O) groups excluding carboxylic acids is 1. The van der Waals surface area contributed by atoms with Gasteiger partial charge >= 0.3 is 0 Å². The Morgan fingerprint density at radius 3 is 2.83 bits per heavy atom. The molecule has 1 aromatic carbocycles. The third kappa shape index (κ3) is 3.10. The standard InChI is InChI=1S/C15H22N2O/c1-12(2)16-10-11-17-14-8-4-3-6-13(14)7-5-9-15(17)18/h3-4,6,8,12,16H,5,7,9-11H2,1-2H3. The highest BCUT2D eigenvalue weighted by Crippen LogP contribution is 2.26. The molecule has 0 aromatic heterocycles. The summed E-state index contributed by atoms with van der Waals surface area (Å²) in [6.07, 6.45) is 2.64. The largest absolute Gasteiger partial charge is 0.313 e. The van der Waals surface area contributed by atoms with E-state index in [0.717, 1.165) is 31.6 Å². The second kappa shape index (κ2) is 6.01. The minimum absolute atomic E-state index is 0.255. The van der Waals surface area contributed by atoms with Crippen molar-refractivity contribution in [1.82, 2.24) is 5.32 Å². The van der Waals surface area contributed by atoms with Crippen LogP contribution >= 0.6 is 0 Å². The SMILES string of the molecule is CC(C)NCCN1C(=O)CCCc2ccccc21. The summed E-state index contributed by atoms with van der Waals surface area (Å²) in [6, 6.07) is 8.73. The quantitative estimate of drug-likeness (QED) is 0.884. The van der Waals surface area contributed by atoms with Crippen LogP contribution in [0.1, 0.15) is 32.3 Å². The van der Waals surface area contributed by atoms with Crippen LogP contribution in [0.2, 0.25) is 0 Å². The lowest BCUT2D eigenvalue weighted by molar-refractivity contribution is -0.118. The van der Waals surface area contributed by atoms with E-state index < -0.39 is 0 Å². The van der Waals surface area contributed by atoms with Gasteiger partial charge in [0.25, 0.3) is 0 Å². The Morgan fingerprint density at radius 2 is 2.06 bits per heavy atom. The Balaban J connectivity index is 2.13. The molecule has 98 valence electrons. The molecular formula is C15H22N2O. The van der Waals surface area contributed by atoms with Crippen LogP contribution in [0.5, 0.6) is 0 Å². The maximum atomic E-state index is 12.2. The van der Waals surface area contributed by atoms with Gasteiger partial charge in [-0.15, -0.1) is 0 Å². The molecule has 0 radical (unpaired) electrons. The van der Waals surface area contributed by atoms with E-state index in [1.807, 2.05) is 11.0 Å². The molecule has 1 aromatic rings. The lowest BCUT2D eigenvalue weighted by atomic mass is 10.1. The van der Waals surface area contributed by atoms with E-state index in [-0.39, 0.29) is 5.91 Å². The highest BCUT2D eigenvalue weighted by molar-refractivity contribution is 5.94. The summed E-state index contributed by atoms with van der Waals surface area (Å²) in [7, 11) is 0. The highest BCUT2D eigenvalue weighted by atomic mass is 16.2. The number of anilines is 1. The maximum Gasteiger partial charge on any atom is 0.227 e. The van der Waals surface area contributed by atoms with Gasteiger partial charge in [0.15, 0.2) is 0 Å². The van der Waals surface area contributed by atoms with Crippen molar-refractivity contribution >= 4 is 11.6 Å². The van der Waals surface area contributed by atoms with Gasteiger partial charge < -0.3 is 10.2 Å². The first kappa shape index (κ1) is 13.1. The number of hydrogen-bond donors (Lipinski definition) is 1. The minimum atomic E-state index is 0.255. The number of nitrogens with one attached hydrogen (secondary N) is 1. The van der Waals surface area contributed by atoms with Crippen molar-refractivity contribution in [2.24, 2.45) is 0 Å². The summed E-state index contributed by atoms with van der Waals surface area (Å²) in [5.41, 5.74) is 2.40. The van der Waals surface area contributed by atoms with E-state index in [9.17, 15) is 4.79 Å². The Hall–Kier alpha value is -1.35. The van der Waals surface area contributed by atoms with Gasteiger partial charge in [-0.25, -0.2) is 0 Å². The molecule has 1 aliphatic heterocycles. The average Bonchev–Trinajstić information content (AvgIpc) is 2.49. The fraction of sp³-hybridized carbons (Fsp3) is 0.533. The second-order valence-corrected chi connectivity index (χ2v) is 5.14. The van der Waals surface area contributed by atoms with Crippen LogP contribution in [0, 0.1) is 0 Å². The van der Waals surface area contributed by atoms with Crippen LogP contribution in [-0.4, -0.2) is 25.0 Å². The fourth-order valence-electron chi connectivity index (χ4n) is 2.40. The predicted octanol–water partition coefficient (Wildman–Crippen LogP) is 2.35. The van der Waals surface area contributed by atoms with Gasteiger partial charge in [0, 0.05) is 31.2 Å². The summed E-state index contributed by atoms with van der Waals surface area (Å²) in [5.74, 6) is 0.255. The number of para-hydroxylation sites is 1. The summed E-state index contributed by atoms with van der Waals surface area (Å²) in [5, 5.41) is 3.37. The maximum absolute atomic E-state index is 12.2. The van der Waals surface area contributed by atoms with Crippen molar-refractivity contribution in [3.05, 3.63) is 29.8 Å². The molecule has 3 heteroatoms. The Kier molecular flexibility index (Phi) is 4.37. The molecule has 0 spiro atoms. The molecule has 1 aliphatic rings. The fourth-order valence-corrected chi connectivity index (χ4v) is 2.40. The number of benzene rings is 1. The van der Waals surface area contributed by atoms with Crippen molar-refractivity contribution in [2.45, 2.75) is 39.2 Å². The molecule has 0 unspecified atom stereocenters. The molecule has 0 fully saturated rings.